The van der Waals surface area contributed by atoms with Crippen molar-refractivity contribution < 1.29 is 19.4 Å². The Kier molecular flexibility index (Phi) is 9.71. The molecule has 2 aliphatic rings. The normalized spacial score (nSPS) is 21.1. The van der Waals surface area contributed by atoms with Crippen LogP contribution in [0, 0.1) is 5.92 Å². The number of nitrogens with zero attached hydrogens (tertiary/aromatic N) is 2. The molecule has 0 saturated heterocycles. The zero-order valence-corrected chi connectivity index (χ0v) is 21.7. The molecule has 0 radical (unpaired) electrons. The Bertz CT molecular complexity index is 939. The van der Waals surface area contributed by atoms with E-state index in [-0.39, 0.29) is 23.9 Å². The molecule has 0 atom stereocenters. The van der Waals surface area contributed by atoms with Gasteiger partial charge in [0.2, 0.25) is 0 Å². The molecular weight excluding hydrogens is 482 g/mol. The number of ether oxygens (including phenoxy) is 1. The number of anilines is 1. The van der Waals surface area contributed by atoms with Gasteiger partial charge in [-0.1, -0.05) is 55.2 Å². The first-order chi connectivity index (χ1) is 17.1. The first-order valence-electron chi connectivity index (χ1n) is 12.7. The smallest absolute Gasteiger partial charge is 0.324 e. The molecule has 2 aromatic rings. The fourth-order valence-corrected chi connectivity index (χ4v) is 6.74. The number of thioether (sulfide) groups is 1. The highest BCUT2D eigenvalue weighted by Gasteiger charge is 2.34. The number of aliphatic carboxylic acids is 1. The number of aromatic nitrogens is 1. The van der Waals surface area contributed by atoms with Gasteiger partial charge in [-0.05, 0) is 56.6 Å². The number of hydrogen-bond donors (Lipinski definition) is 2. The number of rotatable bonds is 9. The van der Waals surface area contributed by atoms with Crippen molar-refractivity contribution in [3.05, 3.63) is 36.5 Å². The molecule has 0 bridgehead atoms. The van der Waals surface area contributed by atoms with Crippen molar-refractivity contribution in [1.29, 1.82) is 0 Å². The molecule has 2 fully saturated rings. The van der Waals surface area contributed by atoms with Crippen LogP contribution in [-0.4, -0.2) is 51.4 Å². The third-order valence-corrected chi connectivity index (χ3v) is 9.02. The van der Waals surface area contributed by atoms with Crippen molar-refractivity contribution in [3.63, 3.8) is 0 Å². The van der Waals surface area contributed by atoms with Crippen LogP contribution in [0.25, 0.3) is 0 Å². The monoisotopic (exact) mass is 517 g/mol. The van der Waals surface area contributed by atoms with E-state index < -0.39 is 5.97 Å². The molecule has 1 aromatic carbocycles. The van der Waals surface area contributed by atoms with E-state index in [1.807, 2.05) is 30.3 Å². The van der Waals surface area contributed by atoms with E-state index >= 15 is 0 Å². The van der Waals surface area contributed by atoms with Crippen LogP contribution in [-0.2, 0) is 4.79 Å². The van der Waals surface area contributed by atoms with Gasteiger partial charge in [0.05, 0.1) is 22.8 Å². The zero-order valence-electron chi connectivity index (χ0n) is 20.1. The largest absolute Gasteiger partial charge is 0.493 e. The summed E-state index contributed by atoms with van der Waals surface area (Å²) in [5.74, 6) is 0.552. The van der Waals surface area contributed by atoms with Crippen molar-refractivity contribution in [2.24, 2.45) is 5.92 Å². The van der Waals surface area contributed by atoms with E-state index in [0.717, 1.165) is 55.1 Å². The molecule has 0 spiro atoms. The predicted molar refractivity (Wildman–Crippen MR) is 141 cm³/mol. The second kappa shape index (κ2) is 13.2. The summed E-state index contributed by atoms with van der Waals surface area (Å²) in [7, 11) is 0. The number of para-hydroxylation sites is 1. The molecule has 1 heterocycles. The number of carbonyl (C=O) groups excluding carboxylic acids is 1. The van der Waals surface area contributed by atoms with Crippen molar-refractivity contribution in [2.75, 3.05) is 17.7 Å². The molecule has 1 aromatic heterocycles. The SMILES string of the molecule is O=C(O)CSc1cnc(NC(=O)N(C2CCCCCC2)[C@H]2CC[C@H](COc3ccccc3)CC2)s1. The van der Waals surface area contributed by atoms with E-state index in [4.69, 9.17) is 9.84 Å². The van der Waals surface area contributed by atoms with Crippen LogP contribution in [0.15, 0.2) is 40.7 Å². The lowest BCUT2D eigenvalue weighted by atomic mass is 9.85. The van der Waals surface area contributed by atoms with Crippen LogP contribution in [0.3, 0.4) is 0 Å². The summed E-state index contributed by atoms with van der Waals surface area (Å²) in [6.45, 7) is 0.724. The molecule has 2 amide bonds. The topological polar surface area (TPSA) is 91.8 Å². The quantitative estimate of drug-likeness (QED) is 0.291. The van der Waals surface area contributed by atoms with Gasteiger partial charge < -0.3 is 14.7 Å². The van der Waals surface area contributed by atoms with Crippen molar-refractivity contribution in [1.82, 2.24) is 9.88 Å². The minimum Gasteiger partial charge on any atom is -0.493 e. The molecule has 7 nitrogen and oxygen atoms in total. The number of urea groups is 1. The lowest BCUT2D eigenvalue weighted by Gasteiger charge is -2.41. The Morgan fingerprint density at radius 1 is 1.03 bits per heavy atom. The number of amides is 2. The Labute approximate surface area is 215 Å². The van der Waals surface area contributed by atoms with E-state index in [9.17, 15) is 9.59 Å². The standard InChI is InChI=1S/C26H35N3O4S2/c30-23(31)18-34-24-16-27-25(35-24)28-26(32)29(20-8-4-1-2-5-9-20)21-14-12-19(13-15-21)17-33-22-10-6-3-7-11-22/h3,6-7,10-11,16,19-21H,1-2,4-5,8-9,12-15,17-18H2,(H,30,31)(H,27,28,32)/t19-,21-. The number of carboxylic acids is 1. The van der Waals surface area contributed by atoms with Crippen LogP contribution in [0.5, 0.6) is 5.75 Å². The lowest BCUT2D eigenvalue weighted by Crippen LogP contribution is -2.50. The summed E-state index contributed by atoms with van der Waals surface area (Å²) in [5.41, 5.74) is 0. The molecule has 2 saturated carbocycles. The first-order valence-corrected chi connectivity index (χ1v) is 14.5. The molecule has 0 unspecified atom stereocenters. The highest BCUT2D eigenvalue weighted by atomic mass is 32.2. The van der Waals surface area contributed by atoms with Gasteiger partial charge in [-0.3, -0.25) is 10.1 Å². The molecular formula is C26H35N3O4S2. The molecule has 4 rings (SSSR count). The summed E-state index contributed by atoms with van der Waals surface area (Å²) in [6, 6.07) is 10.4. The molecule has 35 heavy (non-hydrogen) atoms. The van der Waals surface area contributed by atoms with Gasteiger partial charge in [0.15, 0.2) is 5.13 Å². The minimum absolute atomic E-state index is 0.0129. The van der Waals surface area contributed by atoms with Crippen molar-refractivity contribution >= 4 is 40.2 Å². The fourth-order valence-electron chi connectivity index (χ4n) is 5.16. The molecule has 190 valence electrons. The van der Waals surface area contributed by atoms with Gasteiger partial charge in [-0.2, -0.15) is 0 Å². The fraction of sp³-hybridized carbons (Fsp3) is 0.577. The summed E-state index contributed by atoms with van der Waals surface area (Å²) in [5, 5.41) is 12.5. The van der Waals surface area contributed by atoms with Crippen LogP contribution >= 0.6 is 23.1 Å². The van der Waals surface area contributed by atoms with E-state index in [2.05, 4.69) is 15.2 Å². The predicted octanol–water partition coefficient (Wildman–Crippen LogP) is 6.51. The van der Waals surface area contributed by atoms with E-state index in [0.29, 0.717) is 11.0 Å². The van der Waals surface area contributed by atoms with Crippen LogP contribution in [0.4, 0.5) is 9.93 Å². The molecule has 9 heteroatoms. The number of nitrogens with one attached hydrogen (secondary N) is 1. The number of carboxylic acid groups (broad SMARTS) is 1. The average Bonchev–Trinajstić information content (AvgIpc) is 3.14. The third kappa shape index (κ3) is 7.87. The zero-order chi connectivity index (χ0) is 24.5. The van der Waals surface area contributed by atoms with Crippen LogP contribution in [0.1, 0.15) is 64.2 Å². The third-order valence-electron chi connectivity index (χ3n) is 6.93. The summed E-state index contributed by atoms with van der Waals surface area (Å²) in [6.07, 6.45) is 12.7. The van der Waals surface area contributed by atoms with Gasteiger partial charge >= 0.3 is 12.0 Å². The molecule has 0 aliphatic heterocycles. The second-order valence-electron chi connectivity index (χ2n) is 9.45. The van der Waals surface area contributed by atoms with E-state index in [1.165, 1.54) is 48.8 Å². The van der Waals surface area contributed by atoms with Gasteiger partial charge in [-0.25, -0.2) is 9.78 Å². The summed E-state index contributed by atoms with van der Waals surface area (Å²) < 4.78 is 6.79. The van der Waals surface area contributed by atoms with Gasteiger partial charge in [0.1, 0.15) is 5.75 Å². The Morgan fingerprint density at radius 2 is 1.71 bits per heavy atom. The second-order valence-corrected chi connectivity index (χ2v) is 11.8. The average molecular weight is 518 g/mol. The van der Waals surface area contributed by atoms with Gasteiger partial charge in [0.25, 0.3) is 0 Å². The highest BCUT2D eigenvalue weighted by Crippen LogP contribution is 2.34. The summed E-state index contributed by atoms with van der Waals surface area (Å²) >= 11 is 2.56. The number of carbonyl (C=O) groups is 2. The number of benzene rings is 1. The maximum atomic E-state index is 13.5. The lowest BCUT2D eigenvalue weighted by molar-refractivity contribution is -0.133. The Morgan fingerprint density at radius 3 is 2.40 bits per heavy atom. The maximum Gasteiger partial charge on any atom is 0.324 e. The van der Waals surface area contributed by atoms with Crippen LogP contribution < -0.4 is 10.1 Å². The maximum absolute atomic E-state index is 13.5. The number of hydrogen-bond acceptors (Lipinski definition) is 6. The molecule has 2 N–H and O–H groups in total. The Hall–Kier alpha value is -2.26. The first kappa shape index (κ1) is 25.8. The minimum atomic E-state index is -0.863. The van der Waals surface area contributed by atoms with E-state index in [1.54, 1.807) is 6.20 Å². The van der Waals surface area contributed by atoms with Gasteiger partial charge in [-0.15, -0.1) is 11.8 Å². The highest BCUT2D eigenvalue weighted by molar-refractivity contribution is 8.01. The van der Waals surface area contributed by atoms with Gasteiger partial charge in [0, 0.05) is 12.1 Å². The summed E-state index contributed by atoms with van der Waals surface area (Å²) in [4.78, 5) is 30.8. The number of thiazole rings is 1. The molecule has 2 aliphatic carbocycles. The Balaban J connectivity index is 1.36. The van der Waals surface area contributed by atoms with Crippen molar-refractivity contribution in [3.8, 4) is 5.75 Å². The van der Waals surface area contributed by atoms with Crippen LogP contribution in [0.2, 0.25) is 0 Å². The van der Waals surface area contributed by atoms with Crippen molar-refractivity contribution in [2.45, 2.75) is 80.5 Å².